The van der Waals surface area contributed by atoms with Gasteiger partial charge in [0.15, 0.2) is 0 Å². The number of hydrogen-bond acceptors (Lipinski definition) is 5. The number of amides is 2. The number of carbonyl (C=O) groups excluding carboxylic acids is 1. The van der Waals surface area contributed by atoms with Crippen LogP contribution in [0, 0.1) is 0 Å². The van der Waals surface area contributed by atoms with Crippen LogP contribution in [0.15, 0.2) is 18.2 Å². The first-order chi connectivity index (χ1) is 13.9. The highest BCUT2D eigenvalue weighted by molar-refractivity contribution is 7.18. The number of carbonyl (C=O) groups is 1. The number of morpholine rings is 1. The van der Waals surface area contributed by atoms with Gasteiger partial charge in [0.05, 0.1) is 28.4 Å². The van der Waals surface area contributed by atoms with Crippen molar-refractivity contribution in [3.8, 4) is 0 Å². The van der Waals surface area contributed by atoms with Gasteiger partial charge in [-0.25, -0.2) is 9.78 Å². The minimum atomic E-state index is -0.0694. The fraction of sp³-hybridized carbons (Fsp3) is 0.619. The molecule has 0 spiro atoms. The third kappa shape index (κ3) is 4.85. The Morgan fingerprint density at radius 2 is 2.00 bits per heavy atom. The van der Waals surface area contributed by atoms with E-state index in [0.717, 1.165) is 67.8 Å². The zero-order valence-electron chi connectivity index (χ0n) is 17.1. The third-order valence-electron chi connectivity index (χ3n) is 6.04. The van der Waals surface area contributed by atoms with Crippen LogP contribution in [0.5, 0.6) is 0 Å². The Hall–Kier alpha value is -1.41. The Morgan fingerprint density at radius 3 is 2.72 bits per heavy atom. The summed E-state index contributed by atoms with van der Waals surface area (Å²) in [5.41, 5.74) is 0.906. The molecule has 1 aromatic heterocycles. The molecule has 1 N–H and O–H groups in total. The van der Waals surface area contributed by atoms with E-state index in [4.69, 9.17) is 21.3 Å². The molecule has 158 valence electrons. The van der Waals surface area contributed by atoms with Crippen molar-refractivity contribution in [2.45, 2.75) is 38.1 Å². The molecule has 2 fully saturated rings. The normalized spacial score (nSPS) is 19.6. The molecule has 0 aliphatic carbocycles. The van der Waals surface area contributed by atoms with E-state index in [-0.39, 0.29) is 11.6 Å². The van der Waals surface area contributed by atoms with E-state index >= 15 is 0 Å². The minimum Gasteiger partial charge on any atom is -0.379 e. The van der Waals surface area contributed by atoms with Gasteiger partial charge in [0, 0.05) is 49.2 Å². The number of thiazole rings is 1. The Bertz CT molecular complexity index is 857. The summed E-state index contributed by atoms with van der Waals surface area (Å²) in [6, 6.07) is 5.92. The van der Waals surface area contributed by atoms with Crippen molar-refractivity contribution in [2.75, 3.05) is 45.9 Å². The largest absolute Gasteiger partial charge is 0.379 e. The molecular weight excluding hydrogens is 408 g/mol. The Kier molecular flexibility index (Phi) is 6.30. The summed E-state index contributed by atoms with van der Waals surface area (Å²) < 4.78 is 6.61. The van der Waals surface area contributed by atoms with Crippen molar-refractivity contribution in [2.24, 2.45) is 0 Å². The van der Waals surface area contributed by atoms with Crippen LogP contribution in [0.3, 0.4) is 0 Å². The maximum Gasteiger partial charge on any atom is 0.317 e. The number of fused-ring (bicyclic) bond motifs is 1. The number of benzene rings is 1. The minimum absolute atomic E-state index is 0.0425. The summed E-state index contributed by atoms with van der Waals surface area (Å²) in [5, 5.41) is 5.03. The van der Waals surface area contributed by atoms with Gasteiger partial charge in [-0.1, -0.05) is 11.6 Å². The number of halogens is 1. The van der Waals surface area contributed by atoms with Crippen LogP contribution in [0.4, 0.5) is 4.79 Å². The number of piperidine rings is 1. The highest BCUT2D eigenvalue weighted by atomic mass is 35.5. The van der Waals surface area contributed by atoms with Gasteiger partial charge in [-0.2, -0.15) is 0 Å². The molecule has 29 heavy (non-hydrogen) atoms. The van der Waals surface area contributed by atoms with Crippen LogP contribution in [0.1, 0.15) is 37.6 Å². The van der Waals surface area contributed by atoms with Gasteiger partial charge >= 0.3 is 6.03 Å². The first kappa shape index (κ1) is 20.8. The fourth-order valence-corrected chi connectivity index (χ4v) is 5.39. The topological polar surface area (TPSA) is 57.7 Å². The molecule has 0 bridgehead atoms. The second-order valence-corrected chi connectivity index (χ2v) is 9.99. The van der Waals surface area contributed by atoms with E-state index in [1.807, 2.05) is 23.1 Å². The molecule has 2 aliphatic heterocycles. The van der Waals surface area contributed by atoms with Crippen molar-refractivity contribution in [3.05, 3.63) is 28.2 Å². The standard InChI is InChI=1S/C21H29ClN4O2S/c1-21(2,26-9-11-28-12-10-26)14-23-20(27)25-7-5-15(6-8-25)19-24-17-13-16(22)3-4-18(17)29-19/h3-4,13,15H,5-12,14H2,1-2H3,(H,23,27). The molecule has 0 unspecified atom stereocenters. The number of nitrogens with zero attached hydrogens (tertiary/aromatic N) is 3. The molecule has 8 heteroatoms. The van der Waals surface area contributed by atoms with Gasteiger partial charge in [0.25, 0.3) is 0 Å². The number of aromatic nitrogens is 1. The number of urea groups is 1. The average Bonchev–Trinajstić information content (AvgIpc) is 3.16. The van der Waals surface area contributed by atoms with E-state index in [2.05, 4.69) is 24.1 Å². The second kappa shape index (κ2) is 8.76. The lowest BCUT2D eigenvalue weighted by Crippen LogP contribution is -2.57. The molecule has 2 aliphatic rings. The highest BCUT2D eigenvalue weighted by Crippen LogP contribution is 2.34. The molecule has 0 radical (unpaired) electrons. The average molecular weight is 437 g/mol. The summed E-state index contributed by atoms with van der Waals surface area (Å²) in [5.74, 6) is 0.417. The van der Waals surface area contributed by atoms with Crippen molar-refractivity contribution < 1.29 is 9.53 Å². The Morgan fingerprint density at radius 1 is 1.28 bits per heavy atom. The van der Waals surface area contributed by atoms with E-state index < -0.39 is 0 Å². The fourth-order valence-electron chi connectivity index (χ4n) is 4.11. The van der Waals surface area contributed by atoms with Gasteiger partial charge in [-0.05, 0) is 44.9 Å². The lowest BCUT2D eigenvalue weighted by molar-refractivity contribution is -0.00909. The second-order valence-electron chi connectivity index (χ2n) is 8.50. The van der Waals surface area contributed by atoms with Crippen LogP contribution >= 0.6 is 22.9 Å². The molecule has 0 atom stereocenters. The number of hydrogen-bond donors (Lipinski definition) is 1. The first-order valence-electron chi connectivity index (χ1n) is 10.3. The van der Waals surface area contributed by atoms with Crippen LogP contribution in [0.2, 0.25) is 5.02 Å². The monoisotopic (exact) mass is 436 g/mol. The highest BCUT2D eigenvalue weighted by Gasteiger charge is 2.30. The molecule has 6 nitrogen and oxygen atoms in total. The van der Waals surface area contributed by atoms with Crippen molar-refractivity contribution in [3.63, 3.8) is 0 Å². The summed E-state index contributed by atoms with van der Waals surface area (Å²) in [6.07, 6.45) is 1.90. The molecular formula is C21H29ClN4O2S. The van der Waals surface area contributed by atoms with Gasteiger partial charge in [0.1, 0.15) is 0 Å². The van der Waals surface area contributed by atoms with Crippen LogP contribution in [0.25, 0.3) is 10.2 Å². The van der Waals surface area contributed by atoms with Crippen molar-refractivity contribution in [1.82, 2.24) is 20.1 Å². The maximum absolute atomic E-state index is 12.7. The molecule has 1 aromatic carbocycles. The maximum atomic E-state index is 12.7. The predicted molar refractivity (Wildman–Crippen MR) is 118 cm³/mol. The van der Waals surface area contributed by atoms with Gasteiger partial charge in [0.2, 0.25) is 0 Å². The zero-order valence-corrected chi connectivity index (χ0v) is 18.7. The SMILES string of the molecule is CC(C)(CNC(=O)N1CCC(c2nc3cc(Cl)ccc3s2)CC1)N1CCOCC1. The van der Waals surface area contributed by atoms with Crippen molar-refractivity contribution in [1.29, 1.82) is 0 Å². The van der Waals surface area contributed by atoms with Crippen molar-refractivity contribution >= 4 is 39.2 Å². The molecule has 4 rings (SSSR count). The molecule has 3 heterocycles. The molecule has 2 amide bonds. The molecule has 2 aromatic rings. The van der Waals surface area contributed by atoms with E-state index in [0.29, 0.717) is 12.5 Å². The summed E-state index contributed by atoms with van der Waals surface area (Å²) in [4.78, 5) is 21.8. The van der Waals surface area contributed by atoms with Crippen LogP contribution in [-0.4, -0.2) is 72.3 Å². The van der Waals surface area contributed by atoms with E-state index in [1.54, 1.807) is 11.3 Å². The summed E-state index contributed by atoms with van der Waals surface area (Å²) in [6.45, 7) is 9.92. The predicted octanol–water partition coefficient (Wildman–Crippen LogP) is 3.95. The van der Waals surface area contributed by atoms with Gasteiger partial charge in [-0.15, -0.1) is 11.3 Å². The Labute approximate surface area is 181 Å². The zero-order chi connectivity index (χ0) is 20.4. The van der Waals surface area contributed by atoms with Gasteiger partial charge < -0.3 is 15.0 Å². The number of rotatable bonds is 4. The summed E-state index contributed by atoms with van der Waals surface area (Å²) in [7, 11) is 0. The van der Waals surface area contributed by atoms with Gasteiger partial charge in [-0.3, -0.25) is 4.90 Å². The lowest BCUT2D eigenvalue weighted by Gasteiger charge is -2.41. The first-order valence-corrected chi connectivity index (χ1v) is 11.5. The Balaban J connectivity index is 1.28. The van der Waals surface area contributed by atoms with Crippen LogP contribution < -0.4 is 5.32 Å². The van der Waals surface area contributed by atoms with E-state index in [9.17, 15) is 4.79 Å². The number of ether oxygens (including phenoxy) is 1. The lowest BCUT2D eigenvalue weighted by atomic mass is 9.97. The van der Waals surface area contributed by atoms with E-state index in [1.165, 1.54) is 4.70 Å². The molecule has 2 saturated heterocycles. The number of likely N-dealkylation sites (tertiary alicyclic amines) is 1. The quantitative estimate of drug-likeness (QED) is 0.788. The van der Waals surface area contributed by atoms with Crippen LogP contribution in [-0.2, 0) is 4.74 Å². The number of nitrogens with one attached hydrogen (secondary N) is 1. The molecule has 0 saturated carbocycles. The smallest absolute Gasteiger partial charge is 0.317 e. The summed E-state index contributed by atoms with van der Waals surface area (Å²) >= 11 is 7.83. The third-order valence-corrected chi connectivity index (χ3v) is 7.47.